The van der Waals surface area contributed by atoms with Gasteiger partial charge in [-0.15, -0.1) is 0 Å². The molecule has 0 aliphatic rings. The second-order valence-electron chi connectivity index (χ2n) is 11.2. The second-order valence-corrected chi connectivity index (χ2v) is 11.2. The zero-order valence-electron chi connectivity index (χ0n) is 30.7. The van der Waals surface area contributed by atoms with Crippen LogP contribution in [0.3, 0.4) is 0 Å². The van der Waals surface area contributed by atoms with E-state index in [1.807, 2.05) is 0 Å². The molecule has 4 aromatic carbocycles. The largest absolute Gasteiger partial charge is 0.489 e. The van der Waals surface area contributed by atoms with Gasteiger partial charge < -0.3 is 28.4 Å². The monoisotopic (exact) mass is 730 g/mol. The van der Waals surface area contributed by atoms with Crippen LogP contribution in [0.1, 0.15) is 52.7 Å². The molecule has 0 unspecified atom stereocenters. The molecule has 4 aromatic rings. The van der Waals surface area contributed by atoms with Crippen molar-refractivity contribution in [3.63, 3.8) is 0 Å². The van der Waals surface area contributed by atoms with Crippen LogP contribution in [-0.4, -0.2) is 55.3 Å². The summed E-state index contributed by atoms with van der Waals surface area (Å²) in [6.07, 6.45) is 0.387. The summed E-state index contributed by atoms with van der Waals surface area (Å²) < 4.78 is 126. The topological polar surface area (TPSA) is 55.4 Å². The maximum Gasteiger partial charge on any atom is 0.204 e. The minimum atomic E-state index is -1.64. The zero-order chi connectivity index (χ0) is 38.3. The predicted octanol–water partition coefficient (Wildman–Crippen LogP) is 8.18. The van der Waals surface area contributed by atoms with E-state index in [1.54, 1.807) is 57.2 Å². The first-order valence-corrected chi connectivity index (χ1v) is 17.5. The summed E-state index contributed by atoms with van der Waals surface area (Å²) in [5.74, 6) is -8.19. The molecule has 278 valence electrons. The smallest absolute Gasteiger partial charge is 0.204 e. The molecule has 0 amide bonds. The maximum absolute atomic E-state index is 15.0. The Kier molecular flexibility index (Phi) is 13.7. The van der Waals surface area contributed by atoms with Gasteiger partial charge in [0.05, 0.1) is 39.6 Å². The fourth-order valence-electron chi connectivity index (χ4n) is 6.38. The molecule has 0 bridgehead atoms. The van der Waals surface area contributed by atoms with E-state index in [1.165, 1.54) is 0 Å². The van der Waals surface area contributed by atoms with Gasteiger partial charge in [-0.1, -0.05) is 12.6 Å². The lowest BCUT2D eigenvalue weighted by Gasteiger charge is -2.30. The summed E-state index contributed by atoms with van der Waals surface area (Å²) in [4.78, 5) is 0. The highest BCUT2D eigenvalue weighted by Crippen LogP contribution is 2.60. The van der Waals surface area contributed by atoms with Crippen molar-refractivity contribution in [3.8, 4) is 67.9 Å². The van der Waals surface area contributed by atoms with E-state index < -0.39 is 34.9 Å². The fourth-order valence-corrected chi connectivity index (χ4v) is 6.38. The van der Waals surface area contributed by atoms with Gasteiger partial charge in [-0.3, -0.25) is 0 Å². The maximum atomic E-state index is 15.0. The van der Waals surface area contributed by atoms with Crippen LogP contribution in [0.15, 0.2) is 24.3 Å². The van der Waals surface area contributed by atoms with E-state index >= 15 is 0 Å². The van der Waals surface area contributed by atoms with E-state index in [2.05, 4.69) is 0 Å². The lowest BCUT2D eigenvalue weighted by Crippen LogP contribution is -2.13. The first-order chi connectivity index (χ1) is 25.0. The van der Waals surface area contributed by atoms with Gasteiger partial charge in [0.25, 0.3) is 0 Å². The molecule has 0 fully saturated rings. The Labute approximate surface area is 302 Å². The summed E-state index contributed by atoms with van der Waals surface area (Å²) in [6, 6.07) is 3.50. The van der Waals surface area contributed by atoms with Gasteiger partial charge in [-0.25, -0.2) is 26.3 Å². The van der Waals surface area contributed by atoms with E-state index in [0.29, 0.717) is 22.3 Å². The Hall–Kier alpha value is -4.61. The summed E-state index contributed by atoms with van der Waals surface area (Å²) in [5.41, 5.74) is 1.85. The van der Waals surface area contributed by atoms with Crippen molar-refractivity contribution < 1.29 is 54.8 Å². The van der Waals surface area contributed by atoms with E-state index in [4.69, 9.17) is 28.4 Å². The summed E-state index contributed by atoms with van der Waals surface area (Å²) in [5, 5.41) is 0. The Morgan fingerprint density at radius 2 is 0.615 bits per heavy atom. The van der Waals surface area contributed by atoms with Crippen LogP contribution in [0.2, 0.25) is 0 Å². The lowest BCUT2D eigenvalue weighted by atomic mass is 9.77. The molecule has 0 radical (unpaired) electrons. The van der Waals surface area contributed by atoms with Gasteiger partial charge in [0.2, 0.25) is 11.5 Å². The van der Waals surface area contributed by atoms with E-state index in [0.717, 1.165) is 24.3 Å². The molecule has 0 heterocycles. The molecule has 14 heteroatoms. The first-order valence-electron chi connectivity index (χ1n) is 17.5. The van der Waals surface area contributed by atoms with Gasteiger partial charge in [0.1, 0.15) is 15.7 Å². The molecular weight excluding hydrogens is 688 g/mol. The van der Waals surface area contributed by atoms with Crippen molar-refractivity contribution in [2.75, 3.05) is 39.6 Å². The summed E-state index contributed by atoms with van der Waals surface area (Å²) >= 11 is 0. The van der Waals surface area contributed by atoms with Crippen LogP contribution in [0, 0.1) is 34.9 Å². The average molecular weight is 730 g/mol. The quantitative estimate of drug-likeness (QED) is 0.0621. The SMILES string of the molecule is BCc1c(-c2cc(F)c(F)c(F)c2)c(OCC)c(OCC)c(OCC)c1-c1c(CB)c(-c2cc(F)c(F)c(F)c2)c(OCC)c(OCC)c1OCC. The third-order valence-electron chi connectivity index (χ3n) is 8.17. The van der Waals surface area contributed by atoms with Crippen molar-refractivity contribution in [2.45, 2.75) is 54.2 Å². The minimum Gasteiger partial charge on any atom is -0.489 e. The number of ether oxygens (including phenoxy) is 6. The van der Waals surface area contributed by atoms with Crippen LogP contribution < -0.4 is 28.4 Å². The normalized spacial score (nSPS) is 11.1. The van der Waals surface area contributed by atoms with Gasteiger partial charge in [0.15, 0.2) is 57.9 Å². The standard InChI is InChI=1S/C38H42B2F6O6/c1-7-47-33-27(19-13-23(41)31(45)24(42)14-19)21(17-39)29(35(49-9-3)37(33)51-11-5)30-22(18-40)28(20-15-25(43)32(46)26(44)16-20)34(48-8-2)38(52-12-6)36(30)50-10-4/h13-16H,7-12,17-18,39-40H2,1-6H3. The summed E-state index contributed by atoms with van der Waals surface area (Å²) in [6.45, 7) is 11.1. The Balaban J connectivity index is 2.45. The molecule has 0 N–H and O–H groups in total. The Morgan fingerprint density at radius 1 is 0.385 bits per heavy atom. The van der Waals surface area contributed by atoms with Crippen LogP contribution in [-0.2, 0) is 12.6 Å². The molecule has 0 aromatic heterocycles. The van der Waals surface area contributed by atoms with Crippen LogP contribution in [0.5, 0.6) is 34.5 Å². The third-order valence-corrected chi connectivity index (χ3v) is 8.17. The molecule has 0 aliphatic heterocycles. The molecule has 0 spiro atoms. The Morgan fingerprint density at radius 3 is 0.846 bits per heavy atom. The molecule has 0 atom stereocenters. The van der Waals surface area contributed by atoms with Crippen LogP contribution in [0.25, 0.3) is 33.4 Å². The number of hydrogen-bond acceptors (Lipinski definition) is 6. The van der Waals surface area contributed by atoms with E-state index in [-0.39, 0.29) is 109 Å². The molecule has 52 heavy (non-hydrogen) atoms. The highest BCUT2D eigenvalue weighted by Gasteiger charge is 2.36. The van der Waals surface area contributed by atoms with Gasteiger partial charge in [-0.2, -0.15) is 0 Å². The minimum absolute atomic E-state index is 0.0446. The van der Waals surface area contributed by atoms with Crippen molar-refractivity contribution >= 4 is 15.7 Å². The van der Waals surface area contributed by atoms with Crippen LogP contribution in [0.4, 0.5) is 26.3 Å². The second kappa shape index (κ2) is 17.7. The molecule has 0 saturated carbocycles. The average Bonchev–Trinajstić information content (AvgIpc) is 3.11. The van der Waals surface area contributed by atoms with Gasteiger partial charge in [0, 0.05) is 22.3 Å². The predicted molar refractivity (Wildman–Crippen MR) is 194 cm³/mol. The fraction of sp³-hybridized carbons (Fsp3) is 0.368. The van der Waals surface area contributed by atoms with Crippen molar-refractivity contribution in [3.05, 3.63) is 70.3 Å². The van der Waals surface area contributed by atoms with Gasteiger partial charge in [-0.05, 0) is 88.1 Å². The number of benzene rings is 4. The number of halogens is 6. The third kappa shape index (κ3) is 7.47. The number of rotatable bonds is 17. The first kappa shape index (κ1) is 40.2. The molecule has 6 nitrogen and oxygen atoms in total. The Bertz CT molecular complexity index is 1740. The summed E-state index contributed by atoms with van der Waals surface area (Å²) in [7, 11) is 3.61. The lowest BCUT2D eigenvalue weighted by molar-refractivity contribution is 0.259. The van der Waals surface area contributed by atoms with Crippen molar-refractivity contribution in [1.82, 2.24) is 0 Å². The zero-order valence-corrected chi connectivity index (χ0v) is 30.7. The highest BCUT2D eigenvalue weighted by atomic mass is 19.2. The molecule has 4 rings (SSSR count). The number of hydrogen-bond donors (Lipinski definition) is 0. The van der Waals surface area contributed by atoms with E-state index in [9.17, 15) is 26.3 Å². The molecule has 0 saturated heterocycles. The molecular formula is C38H42B2F6O6. The van der Waals surface area contributed by atoms with Crippen LogP contribution >= 0.6 is 0 Å². The highest BCUT2D eigenvalue weighted by molar-refractivity contribution is 6.13. The van der Waals surface area contributed by atoms with Gasteiger partial charge >= 0.3 is 0 Å². The van der Waals surface area contributed by atoms with Crippen molar-refractivity contribution in [2.24, 2.45) is 0 Å². The van der Waals surface area contributed by atoms with Crippen molar-refractivity contribution in [1.29, 1.82) is 0 Å². The molecule has 0 aliphatic carbocycles.